The summed E-state index contributed by atoms with van der Waals surface area (Å²) in [5.41, 5.74) is 1.06. The van der Waals surface area contributed by atoms with Gasteiger partial charge in [-0.05, 0) is 42.7 Å². The summed E-state index contributed by atoms with van der Waals surface area (Å²) >= 11 is 11.9. The molecule has 2 aromatic carbocycles. The maximum Gasteiger partial charge on any atom is 0.261 e. The molecule has 4 rings (SSSR count). The highest BCUT2D eigenvalue weighted by molar-refractivity contribution is 6.42. The Labute approximate surface area is 167 Å². The number of likely N-dealkylation sites (tertiary alicyclic amines) is 1. The summed E-state index contributed by atoms with van der Waals surface area (Å²) in [6, 6.07) is 10.9. The first-order chi connectivity index (χ1) is 13.1. The van der Waals surface area contributed by atoms with Gasteiger partial charge in [0.2, 0.25) is 0 Å². The second kappa shape index (κ2) is 7.87. The normalized spacial score (nSPS) is 18.4. The van der Waals surface area contributed by atoms with Gasteiger partial charge in [-0.3, -0.25) is 4.79 Å². The SMILES string of the molecule is O=C(COc1ccc(Cl)c(Cl)c1)N1CCC[C@H]1c1ccc2c(c1)OCCO2. The monoisotopic (exact) mass is 407 g/mol. The van der Waals surface area contributed by atoms with Crippen LogP contribution in [0.5, 0.6) is 17.2 Å². The van der Waals surface area contributed by atoms with E-state index in [1.54, 1.807) is 18.2 Å². The van der Waals surface area contributed by atoms with Crippen molar-refractivity contribution in [2.24, 2.45) is 0 Å². The summed E-state index contributed by atoms with van der Waals surface area (Å²) in [5, 5.41) is 0.852. The number of hydrogen-bond donors (Lipinski definition) is 0. The lowest BCUT2D eigenvalue weighted by molar-refractivity contribution is -0.134. The van der Waals surface area contributed by atoms with Crippen LogP contribution in [0.4, 0.5) is 0 Å². The van der Waals surface area contributed by atoms with Gasteiger partial charge < -0.3 is 19.1 Å². The van der Waals surface area contributed by atoms with Crippen LogP contribution < -0.4 is 14.2 Å². The van der Waals surface area contributed by atoms with E-state index in [0.717, 1.165) is 29.9 Å². The smallest absolute Gasteiger partial charge is 0.261 e. The van der Waals surface area contributed by atoms with Crippen molar-refractivity contribution < 1.29 is 19.0 Å². The fourth-order valence-corrected chi connectivity index (χ4v) is 3.76. The zero-order valence-corrected chi connectivity index (χ0v) is 16.1. The second-order valence-corrected chi connectivity index (χ2v) is 7.33. The van der Waals surface area contributed by atoms with Crippen LogP contribution >= 0.6 is 23.2 Å². The van der Waals surface area contributed by atoms with E-state index in [2.05, 4.69) is 0 Å². The summed E-state index contributed by atoms with van der Waals surface area (Å²) in [4.78, 5) is 14.6. The Kier molecular flexibility index (Phi) is 5.32. The van der Waals surface area contributed by atoms with Gasteiger partial charge in [0.25, 0.3) is 5.91 Å². The Balaban J connectivity index is 1.44. The Morgan fingerprint density at radius 2 is 1.89 bits per heavy atom. The van der Waals surface area contributed by atoms with Crippen molar-refractivity contribution in [1.29, 1.82) is 0 Å². The Bertz CT molecular complexity index is 858. The molecule has 1 fully saturated rings. The van der Waals surface area contributed by atoms with E-state index in [1.807, 2.05) is 23.1 Å². The lowest BCUT2D eigenvalue weighted by atomic mass is 10.0. The van der Waals surface area contributed by atoms with E-state index < -0.39 is 0 Å². The van der Waals surface area contributed by atoms with Crippen molar-refractivity contribution in [1.82, 2.24) is 4.90 Å². The van der Waals surface area contributed by atoms with Crippen LogP contribution in [-0.4, -0.2) is 37.2 Å². The summed E-state index contributed by atoms with van der Waals surface area (Å²) in [6.07, 6.45) is 1.87. The number of hydrogen-bond acceptors (Lipinski definition) is 4. The topological polar surface area (TPSA) is 48.0 Å². The third-order valence-corrected chi connectivity index (χ3v) is 5.52. The third-order valence-electron chi connectivity index (χ3n) is 4.78. The summed E-state index contributed by atoms with van der Waals surface area (Å²) in [6.45, 7) is 1.77. The minimum Gasteiger partial charge on any atom is -0.486 e. The number of rotatable bonds is 4. The molecule has 0 spiro atoms. The van der Waals surface area contributed by atoms with Gasteiger partial charge in [0.15, 0.2) is 18.1 Å². The molecule has 1 saturated heterocycles. The molecule has 0 N–H and O–H groups in total. The zero-order chi connectivity index (χ0) is 18.8. The van der Waals surface area contributed by atoms with E-state index in [9.17, 15) is 4.79 Å². The molecule has 1 amide bonds. The Hall–Kier alpha value is -2.11. The summed E-state index contributed by atoms with van der Waals surface area (Å²) < 4.78 is 16.9. The average molecular weight is 408 g/mol. The molecule has 1 atom stereocenters. The number of carbonyl (C=O) groups excluding carboxylic acids is 1. The Morgan fingerprint density at radius 1 is 1.07 bits per heavy atom. The number of benzene rings is 2. The minimum absolute atomic E-state index is 0.0192. The van der Waals surface area contributed by atoms with Gasteiger partial charge in [-0.2, -0.15) is 0 Å². The van der Waals surface area contributed by atoms with Crippen LogP contribution in [0.2, 0.25) is 10.0 Å². The quantitative estimate of drug-likeness (QED) is 0.747. The molecule has 0 saturated carbocycles. The fourth-order valence-electron chi connectivity index (χ4n) is 3.47. The van der Waals surface area contributed by atoms with Crippen LogP contribution in [0.3, 0.4) is 0 Å². The molecule has 0 aromatic heterocycles. The van der Waals surface area contributed by atoms with E-state index in [1.165, 1.54) is 0 Å². The predicted octanol–water partition coefficient (Wildman–Crippen LogP) is 4.51. The standard InChI is InChI=1S/C20H19Cl2NO4/c21-15-5-4-14(11-16(15)22)27-12-20(24)23-7-1-2-17(23)13-3-6-18-19(10-13)26-9-8-25-18/h3-6,10-11,17H,1-2,7-9,12H2/t17-/m0/s1. The van der Waals surface area contributed by atoms with Gasteiger partial charge in [0.1, 0.15) is 19.0 Å². The van der Waals surface area contributed by atoms with Crippen molar-refractivity contribution in [3.05, 3.63) is 52.0 Å². The number of nitrogens with zero attached hydrogens (tertiary/aromatic N) is 1. The molecule has 2 aliphatic heterocycles. The molecule has 0 bridgehead atoms. The van der Waals surface area contributed by atoms with Gasteiger partial charge in [-0.1, -0.05) is 29.3 Å². The van der Waals surface area contributed by atoms with Crippen LogP contribution in [0.15, 0.2) is 36.4 Å². The van der Waals surface area contributed by atoms with Crippen LogP contribution in [0.25, 0.3) is 0 Å². The van der Waals surface area contributed by atoms with Gasteiger partial charge in [-0.15, -0.1) is 0 Å². The van der Waals surface area contributed by atoms with E-state index >= 15 is 0 Å². The highest BCUT2D eigenvalue weighted by atomic mass is 35.5. The second-order valence-electron chi connectivity index (χ2n) is 6.51. The van der Waals surface area contributed by atoms with Crippen molar-refractivity contribution in [2.75, 3.05) is 26.4 Å². The fraction of sp³-hybridized carbons (Fsp3) is 0.350. The van der Waals surface area contributed by atoms with Crippen LogP contribution in [0.1, 0.15) is 24.4 Å². The number of carbonyl (C=O) groups is 1. The predicted molar refractivity (Wildman–Crippen MR) is 103 cm³/mol. The van der Waals surface area contributed by atoms with Gasteiger partial charge in [0.05, 0.1) is 16.1 Å². The number of halogens is 2. The first kappa shape index (κ1) is 18.3. The van der Waals surface area contributed by atoms with Crippen molar-refractivity contribution in [3.8, 4) is 17.2 Å². The Morgan fingerprint density at radius 3 is 2.70 bits per heavy atom. The summed E-state index contributed by atoms with van der Waals surface area (Å²) in [5.74, 6) is 1.96. The van der Waals surface area contributed by atoms with E-state index in [-0.39, 0.29) is 18.6 Å². The largest absolute Gasteiger partial charge is 0.486 e. The van der Waals surface area contributed by atoms with Gasteiger partial charge in [0, 0.05) is 12.6 Å². The third kappa shape index (κ3) is 3.94. The van der Waals surface area contributed by atoms with Crippen LogP contribution in [-0.2, 0) is 4.79 Å². The first-order valence-electron chi connectivity index (χ1n) is 8.89. The lowest BCUT2D eigenvalue weighted by Gasteiger charge is -2.26. The molecular formula is C20H19Cl2NO4. The number of ether oxygens (including phenoxy) is 3. The molecule has 0 radical (unpaired) electrons. The highest BCUT2D eigenvalue weighted by Crippen LogP contribution is 2.38. The molecule has 2 heterocycles. The molecule has 142 valence electrons. The number of fused-ring (bicyclic) bond motifs is 1. The molecule has 0 aliphatic carbocycles. The zero-order valence-electron chi connectivity index (χ0n) is 14.6. The first-order valence-corrected chi connectivity index (χ1v) is 9.64. The highest BCUT2D eigenvalue weighted by Gasteiger charge is 2.31. The summed E-state index contributed by atoms with van der Waals surface area (Å²) in [7, 11) is 0. The van der Waals surface area contributed by atoms with Gasteiger partial charge in [-0.25, -0.2) is 0 Å². The number of amides is 1. The van der Waals surface area contributed by atoms with Gasteiger partial charge >= 0.3 is 0 Å². The molecule has 0 unspecified atom stereocenters. The molecule has 2 aromatic rings. The van der Waals surface area contributed by atoms with Crippen molar-refractivity contribution >= 4 is 29.1 Å². The van der Waals surface area contributed by atoms with E-state index in [4.69, 9.17) is 37.4 Å². The van der Waals surface area contributed by atoms with Crippen molar-refractivity contribution in [3.63, 3.8) is 0 Å². The average Bonchev–Trinajstić information content (AvgIpc) is 3.18. The van der Waals surface area contributed by atoms with Crippen molar-refractivity contribution in [2.45, 2.75) is 18.9 Å². The molecular weight excluding hydrogens is 389 g/mol. The van der Waals surface area contributed by atoms with Crippen LogP contribution in [0, 0.1) is 0 Å². The maximum absolute atomic E-state index is 12.7. The molecule has 27 heavy (non-hydrogen) atoms. The molecule has 5 nitrogen and oxygen atoms in total. The lowest BCUT2D eigenvalue weighted by Crippen LogP contribution is -2.34. The maximum atomic E-state index is 12.7. The molecule has 2 aliphatic rings. The minimum atomic E-state index is -0.0570. The molecule has 7 heteroatoms. The van der Waals surface area contributed by atoms with E-state index in [0.29, 0.717) is 35.6 Å².